The molecule has 60 heavy (non-hydrogen) atoms. The maximum Gasteiger partial charge on any atom is 0.258 e. The summed E-state index contributed by atoms with van der Waals surface area (Å²) in [5.74, 6) is 0.146. The molecule has 4 aromatic rings. The molecule has 4 aromatic carbocycles. The van der Waals surface area contributed by atoms with Gasteiger partial charge in [-0.15, -0.1) is 0 Å². The highest BCUT2D eigenvalue weighted by molar-refractivity contribution is 6.04. The molecule has 2 saturated heterocycles. The van der Waals surface area contributed by atoms with Crippen LogP contribution in [-0.4, -0.2) is 122 Å². The van der Waals surface area contributed by atoms with Gasteiger partial charge in [0.2, 0.25) is 11.8 Å². The molecule has 316 valence electrons. The molecular weight excluding hydrogens is 757 g/mol. The van der Waals surface area contributed by atoms with Gasteiger partial charge in [0.05, 0.1) is 24.3 Å². The van der Waals surface area contributed by atoms with Crippen LogP contribution in [0.4, 0.5) is 11.4 Å². The van der Waals surface area contributed by atoms with E-state index in [1.807, 2.05) is 127 Å². The lowest BCUT2D eigenvalue weighted by molar-refractivity contribution is -0.120. The number of rotatable bonds is 16. The predicted molar refractivity (Wildman–Crippen MR) is 237 cm³/mol. The first kappa shape index (κ1) is 43.6. The molecule has 0 aliphatic carbocycles. The van der Waals surface area contributed by atoms with E-state index in [0.717, 1.165) is 24.0 Å². The number of carbonyl (C=O) groups excluding carboxylic acids is 4. The van der Waals surface area contributed by atoms with Crippen molar-refractivity contribution in [1.82, 2.24) is 19.6 Å². The van der Waals surface area contributed by atoms with Crippen LogP contribution < -0.4 is 20.1 Å². The summed E-state index contributed by atoms with van der Waals surface area (Å²) in [6.45, 7) is 5.91. The standard InChI is InChI=1S/C48H58N6O6/c1-7-27-59-43-15-11-9-13-39(43)47(57)53-31-37(51(3)4)29-41(53)45(55)49-35-23-19-33(20-24-35)17-18-34-21-25-36(26-22-34)50-46(56)42-30-38(52(5)6)32-54(42)48(58)40-14-10-12-16-44(40)60-28-8-2/h9-26,37-38,41-42H,7-8,27-32H2,1-6H3,(H,49,55)(H,50,56)/b18-17+/t37-,38-,41-,42-/m0/s1. The van der Waals surface area contributed by atoms with E-state index in [-0.39, 0.29) is 35.7 Å². The van der Waals surface area contributed by atoms with Gasteiger partial charge in [-0.3, -0.25) is 19.2 Å². The molecule has 2 aliphatic heterocycles. The summed E-state index contributed by atoms with van der Waals surface area (Å²) in [6, 6.07) is 28.3. The summed E-state index contributed by atoms with van der Waals surface area (Å²) in [7, 11) is 7.86. The van der Waals surface area contributed by atoms with Gasteiger partial charge in [0.15, 0.2) is 0 Å². The summed E-state index contributed by atoms with van der Waals surface area (Å²) >= 11 is 0. The van der Waals surface area contributed by atoms with Crippen LogP contribution in [0.3, 0.4) is 0 Å². The van der Waals surface area contributed by atoms with E-state index in [1.165, 1.54) is 0 Å². The first-order valence-corrected chi connectivity index (χ1v) is 20.9. The third-order valence-corrected chi connectivity index (χ3v) is 11.1. The number of anilines is 2. The van der Waals surface area contributed by atoms with Crippen molar-refractivity contribution in [2.45, 2.75) is 63.7 Å². The fourth-order valence-corrected chi connectivity index (χ4v) is 7.59. The smallest absolute Gasteiger partial charge is 0.258 e. The summed E-state index contributed by atoms with van der Waals surface area (Å²) in [5.41, 5.74) is 4.05. The predicted octanol–water partition coefficient (Wildman–Crippen LogP) is 7.00. The van der Waals surface area contributed by atoms with Crippen LogP contribution in [0.1, 0.15) is 71.4 Å². The molecule has 6 rings (SSSR count). The van der Waals surface area contributed by atoms with Crippen LogP contribution in [0.5, 0.6) is 11.5 Å². The molecular formula is C48H58N6O6. The second kappa shape index (κ2) is 20.3. The van der Waals surface area contributed by atoms with Crippen LogP contribution in [-0.2, 0) is 9.59 Å². The zero-order chi connectivity index (χ0) is 42.8. The van der Waals surface area contributed by atoms with Crippen LogP contribution in [0.15, 0.2) is 97.1 Å². The largest absolute Gasteiger partial charge is 0.493 e. The van der Waals surface area contributed by atoms with Crippen LogP contribution in [0, 0.1) is 0 Å². The molecule has 0 aromatic heterocycles. The van der Waals surface area contributed by atoms with Crippen molar-refractivity contribution in [3.05, 3.63) is 119 Å². The van der Waals surface area contributed by atoms with Gasteiger partial charge in [0, 0.05) is 36.5 Å². The number of hydrogen-bond acceptors (Lipinski definition) is 8. The Labute approximate surface area is 354 Å². The fourth-order valence-electron chi connectivity index (χ4n) is 7.59. The lowest BCUT2D eigenvalue weighted by Gasteiger charge is -2.25. The van der Waals surface area contributed by atoms with Gasteiger partial charge in [0.1, 0.15) is 23.6 Å². The summed E-state index contributed by atoms with van der Waals surface area (Å²) in [6.07, 6.45) is 6.62. The van der Waals surface area contributed by atoms with E-state index in [4.69, 9.17) is 9.47 Å². The molecule has 12 heteroatoms. The van der Waals surface area contributed by atoms with Crippen molar-refractivity contribution in [3.63, 3.8) is 0 Å². The highest BCUT2D eigenvalue weighted by atomic mass is 16.5. The SMILES string of the molecule is CCCOc1ccccc1C(=O)N1C[C@@H](N(C)C)C[C@H]1C(=O)Nc1ccc(/C=C/c2ccc(NC(=O)[C@@H]3C[C@H](N(C)C)CN3C(=O)c3ccccc3OCCC)cc2)cc1. The number of carbonyl (C=O) groups is 4. The Morgan fingerprint density at radius 1 is 0.583 bits per heavy atom. The molecule has 0 saturated carbocycles. The number of nitrogens with one attached hydrogen (secondary N) is 2. The molecule has 4 atom stereocenters. The first-order valence-electron chi connectivity index (χ1n) is 20.9. The lowest BCUT2D eigenvalue weighted by Crippen LogP contribution is -2.43. The zero-order valence-corrected chi connectivity index (χ0v) is 35.6. The maximum absolute atomic E-state index is 13.9. The number of ether oxygens (including phenoxy) is 2. The monoisotopic (exact) mass is 814 g/mol. The Kier molecular flexibility index (Phi) is 14.8. The zero-order valence-electron chi connectivity index (χ0n) is 35.6. The molecule has 0 spiro atoms. The average molecular weight is 815 g/mol. The van der Waals surface area contributed by atoms with Gasteiger partial charge in [-0.2, -0.15) is 0 Å². The van der Waals surface area contributed by atoms with Gasteiger partial charge in [0.25, 0.3) is 11.8 Å². The van der Waals surface area contributed by atoms with Crippen molar-refractivity contribution < 1.29 is 28.7 Å². The van der Waals surface area contributed by atoms with Crippen molar-refractivity contribution in [1.29, 1.82) is 0 Å². The van der Waals surface area contributed by atoms with E-state index in [2.05, 4.69) is 20.4 Å². The van der Waals surface area contributed by atoms with Crippen molar-refractivity contribution in [2.24, 2.45) is 0 Å². The Morgan fingerprint density at radius 3 is 1.30 bits per heavy atom. The summed E-state index contributed by atoms with van der Waals surface area (Å²) < 4.78 is 11.8. The third-order valence-electron chi connectivity index (χ3n) is 11.1. The number of amides is 4. The molecule has 2 aliphatic rings. The van der Waals surface area contributed by atoms with Crippen molar-refractivity contribution in [2.75, 3.05) is 65.1 Å². The molecule has 4 amide bonds. The normalized spacial score (nSPS) is 18.9. The fraction of sp³-hybridized carbons (Fsp3) is 0.375. The Morgan fingerprint density at radius 2 is 0.950 bits per heavy atom. The lowest BCUT2D eigenvalue weighted by atomic mass is 10.1. The van der Waals surface area contributed by atoms with Crippen LogP contribution >= 0.6 is 0 Å². The molecule has 0 bridgehead atoms. The quantitative estimate of drug-likeness (QED) is 0.116. The molecule has 0 radical (unpaired) electrons. The van der Waals surface area contributed by atoms with Crippen LogP contribution in [0.2, 0.25) is 0 Å². The van der Waals surface area contributed by atoms with Gasteiger partial charge in [-0.1, -0.05) is 74.5 Å². The Hall–Kier alpha value is -5.98. The van der Waals surface area contributed by atoms with Gasteiger partial charge < -0.3 is 39.7 Å². The number of likely N-dealkylation sites (N-methyl/N-ethyl adjacent to an activating group) is 2. The third kappa shape index (κ3) is 10.6. The van der Waals surface area contributed by atoms with Crippen molar-refractivity contribution >= 4 is 47.2 Å². The number of benzene rings is 4. The molecule has 2 N–H and O–H groups in total. The van der Waals surface area contributed by atoms with E-state index < -0.39 is 12.1 Å². The second-order valence-corrected chi connectivity index (χ2v) is 15.9. The average Bonchev–Trinajstić information content (AvgIpc) is 3.92. The minimum Gasteiger partial charge on any atom is -0.493 e. The molecule has 2 heterocycles. The summed E-state index contributed by atoms with van der Waals surface area (Å²) in [5, 5.41) is 6.07. The highest BCUT2D eigenvalue weighted by Gasteiger charge is 2.42. The van der Waals surface area contributed by atoms with Crippen molar-refractivity contribution in [3.8, 4) is 11.5 Å². The van der Waals surface area contributed by atoms with E-state index in [9.17, 15) is 19.2 Å². The molecule has 12 nitrogen and oxygen atoms in total. The van der Waals surface area contributed by atoms with E-state index in [0.29, 0.717) is 73.1 Å². The number of hydrogen-bond donors (Lipinski definition) is 2. The van der Waals surface area contributed by atoms with Gasteiger partial charge in [-0.05, 0) is 114 Å². The number of nitrogens with zero attached hydrogens (tertiary/aromatic N) is 4. The van der Waals surface area contributed by atoms with Crippen LogP contribution in [0.25, 0.3) is 12.2 Å². The number of likely N-dealkylation sites (tertiary alicyclic amines) is 2. The van der Waals surface area contributed by atoms with Gasteiger partial charge >= 0.3 is 0 Å². The first-order chi connectivity index (χ1) is 29.0. The minimum absolute atomic E-state index is 0.0371. The van der Waals surface area contributed by atoms with E-state index >= 15 is 0 Å². The minimum atomic E-state index is -0.640. The second-order valence-electron chi connectivity index (χ2n) is 15.9. The Bertz CT molecular complexity index is 1980. The topological polar surface area (TPSA) is 124 Å². The highest BCUT2D eigenvalue weighted by Crippen LogP contribution is 2.30. The van der Waals surface area contributed by atoms with Gasteiger partial charge in [-0.25, -0.2) is 0 Å². The maximum atomic E-state index is 13.9. The Balaban J connectivity index is 1.06. The number of para-hydroxylation sites is 2. The molecule has 0 unspecified atom stereocenters. The molecule has 2 fully saturated rings. The van der Waals surface area contributed by atoms with E-state index in [1.54, 1.807) is 34.1 Å². The summed E-state index contributed by atoms with van der Waals surface area (Å²) in [4.78, 5) is 62.6.